The van der Waals surface area contributed by atoms with Gasteiger partial charge in [0.05, 0.1) is 23.4 Å². The number of aliphatic hydroxyl groups is 1. The predicted octanol–water partition coefficient (Wildman–Crippen LogP) is 5.30. The van der Waals surface area contributed by atoms with E-state index in [2.05, 4.69) is 40.7 Å². The lowest BCUT2D eigenvalue weighted by atomic mass is 9.78. The van der Waals surface area contributed by atoms with E-state index in [4.69, 9.17) is 4.74 Å². The lowest BCUT2D eigenvalue weighted by molar-refractivity contribution is -0.125. The van der Waals surface area contributed by atoms with Crippen LogP contribution in [0.4, 0.5) is 0 Å². The molecule has 1 aromatic rings. The third-order valence-corrected chi connectivity index (χ3v) is 8.02. The molecule has 2 heterocycles. The molecule has 0 radical (unpaired) electrons. The first-order valence-corrected chi connectivity index (χ1v) is 13.0. The maximum Gasteiger partial charge on any atom is 0.259 e. The van der Waals surface area contributed by atoms with E-state index in [-0.39, 0.29) is 54.4 Å². The van der Waals surface area contributed by atoms with Crippen LogP contribution in [0.15, 0.2) is 22.6 Å². The number of Topliss-reactive ketones (excluding diaryl/α,β-unsaturated/α-hetero) is 1. The van der Waals surface area contributed by atoms with Crippen molar-refractivity contribution in [3.63, 3.8) is 0 Å². The van der Waals surface area contributed by atoms with Crippen molar-refractivity contribution in [1.82, 2.24) is 4.57 Å². The van der Waals surface area contributed by atoms with E-state index in [1.54, 1.807) is 7.05 Å². The fraction of sp³-hybridized carbons (Fsp3) is 0.714. The Hall–Kier alpha value is -1.92. The molecule has 1 aromatic heterocycles. The minimum absolute atomic E-state index is 0.117. The molecule has 0 aromatic carbocycles. The van der Waals surface area contributed by atoms with E-state index in [0.29, 0.717) is 29.7 Å². The van der Waals surface area contributed by atoms with E-state index in [1.165, 1.54) is 16.3 Å². The highest BCUT2D eigenvalue weighted by Crippen LogP contribution is 2.44. The van der Waals surface area contributed by atoms with Gasteiger partial charge in [0.25, 0.3) is 5.56 Å². The molecule has 2 aliphatic rings. The largest absolute Gasteiger partial charge is 0.507 e. The Labute approximate surface area is 204 Å². The van der Waals surface area contributed by atoms with Gasteiger partial charge < -0.3 is 19.5 Å². The number of hydrogen-bond donors (Lipinski definition) is 2. The molecular weight excluding hydrogens is 430 g/mol. The number of pyridine rings is 1. The zero-order chi connectivity index (χ0) is 25.2. The zero-order valence-electron chi connectivity index (χ0n) is 21.8. The summed E-state index contributed by atoms with van der Waals surface area (Å²) < 4.78 is 7.93. The number of aromatic nitrogens is 1. The van der Waals surface area contributed by atoms with Gasteiger partial charge in [0, 0.05) is 31.6 Å². The molecule has 0 amide bonds. The molecule has 0 unspecified atom stereocenters. The van der Waals surface area contributed by atoms with Crippen molar-refractivity contribution in [2.45, 2.75) is 104 Å². The Morgan fingerprint density at radius 1 is 1.26 bits per heavy atom. The fourth-order valence-corrected chi connectivity index (χ4v) is 5.72. The molecule has 190 valence electrons. The number of hydrogen-bond acceptors (Lipinski definition) is 5. The number of aromatic hydroxyl groups is 1. The monoisotopic (exact) mass is 473 g/mol. The molecule has 34 heavy (non-hydrogen) atoms. The summed E-state index contributed by atoms with van der Waals surface area (Å²) in [7, 11) is 1.64. The number of carbonyl (C=O) groups is 1. The number of ether oxygens (including phenoxy) is 1. The highest BCUT2D eigenvalue weighted by molar-refractivity contribution is 5.79. The molecule has 2 N–H and O–H groups in total. The Kier molecular flexibility index (Phi) is 8.46. The Morgan fingerprint density at radius 2 is 1.91 bits per heavy atom. The van der Waals surface area contributed by atoms with Crippen molar-refractivity contribution in [3.05, 3.63) is 39.3 Å². The van der Waals surface area contributed by atoms with E-state index in [9.17, 15) is 19.8 Å². The van der Waals surface area contributed by atoms with Gasteiger partial charge in [-0.2, -0.15) is 0 Å². The van der Waals surface area contributed by atoms with Gasteiger partial charge in [-0.1, -0.05) is 40.2 Å². The van der Waals surface area contributed by atoms with Crippen molar-refractivity contribution in [2.75, 3.05) is 0 Å². The standard InChI is InChI=1S/C28H43NO5/c1-7-17(2)14-18(3)15-20(5)26-19(4)8-9-23(34-26)24-25(31)22(16-29(6)27(24)32)28(33)12-10-21(30)11-13-28/h15-19,23,26,31,33H,7-14H2,1-6H3/b20-15+/t17-,18-,19+,23-,26+/m0/s1. The molecule has 3 rings (SSSR count). The molecule has 1 saturated heterocycles. The second-order valence-electron chi connectivity index (χ2n) is 11.0. The first-order valence-electron chi connectivity index (χ1n) is 13.0. The molecule has 1 aliphatic carbocycles. The van der Waals surface area contributed by atoms with Gasteiger partial charge in [-0.25, -0.2) is 0 Å². The van der Waals surface area contributed by atoms with Crippen LogP contribution < -0.4 is 5.56 Å². The summed E-state index contributed by atoms with van der Waals surface area (Å²) in [5, 5.41) is 22.5. The first-order chi connectivity index (χ1) is 16.0. The van der Waals surface area contributed by atoms with Crippen LogP contribution in [0.5, 0.6) is 5.75 Å². The van der Waals surface area contributed by atoms with Gasteiger partial charge in [-0.3, -0.25) is 9.59 Å². The fourth-order valence-electron chi connectivity index (χ4n) is 5.72. The van der Waals surface area contributed by atoms with Crippen LogP contribution in [0.1, 0.15) is 103 Å². The maximum atomic E-state index is 13.1. The molecule has 6 nitrogen and oxygen atoms in total. The summed E-state index contributed by atoms with van der Waals surface area (Å²) in [6, 6.07) is 0. The predicted molar refractivity (Wildman–Crippen MR) is 134 cm³/mol. The number of carbonyl (C=O) groups excluding carboxylic acids is 1. The molecule has 1 saturated carbocycles. The van der Waals surface area contributed by atoms with Gasteiger partial charge in [-0.05, 0) is 62.4 Å². The minimum atomic E-state index is -1.32. The Bertz CT molecular complexity index is 968. The van der Waals surface area contributed by atoms with Crippen LogP contribution in [0, 0.1) is 17.8 Å². The van der Waals surface area contributed by atoms with Crippen LogP contribution in [-0.2, 0) is 22.2 Å². The summed E-state index contributed by atoms with van der Waals surface area (Å²) in [5.41, 5.74) is 0.0977. The van der Waals surface area contributed by atoms with Crippen molar-refractivity contribution < 1.29 is 19.7 Å². The SMILES string of the molecule is CC[C@H](C)C[C@H](C)/C=C(\C)[C@@H]1O[C@H](c2c(O)c(C3(O)CCC(=O)CC3)cn(C)c2=O)CC[C@H]1C. The quantitative estimate of drug-likeness (QED) is 0.525. The number of aryl methyl sites for hydroxylation is 1. The Morgan fingerprint density at radius 3 is 2.53 bits per heavy atom. The third kappa shape index (κ3) is 5.65. The molecule has 5 atom stereocenters. The lowest BCUT2D eigenvalue weighted by Gasteiger charge is -2.37. The van der Waals surface area contributed by atoms with Crippen LogP contribution >= 0.6 is 0 Å². The molecular formula is C28H43NO5. The first kappa shape index (κ1) is 26.7. The third-order valence-electron chi connectivity index (χ3n) is 8.02. The second kappa shape index (κ2) is 10.8. The molecule has 0 spiro atoms. The van der Waals surface area contributed by atoms with Crippen molar-refractivity contribution in [1.29, 1.82) is 0 Å². The molecule has 0 bridgehead atoms. The summed E-state index contributed by atoms with van der Waals surface area (Å²) in [5.74, 6) is 1.36. The number of ketones is 1. The van der Waals surface area contributed by atoms with E-state index < -0.39 is 11.7 Å². The summed E-state index contributed by atoms with van der Waals surface area (Å²) >= 11 is 0. The van der Waals surface area contributed by atoms with E-state index >= 15 is 0 Å². The van der Waals surface area contributed by atoms with Gasteiger partial charge in [0.2, 0.25) is 0 Å². The normalized spacial score (nSPS) is 27.4. The smallest absolute Gasteiger partial charge is 0.259 e. The van der Waals surface area contributed by atoms with Gasteiger partial charge in [-0.15, -0.1) is 0 Å². The zero-order valence-corrected chi connectivity index (χ0v) is 21.8. The highest BCUT2D eigenvalue weighted by Gasteiger charge is 2.40. The molecule has 1 aliphatic heterocycles. The molecule has 2 fully saturated rings. The Balaban J connectivity index is 1.91. The van der Waals surface area contributed by atoms with Gasteiger partial charge >= 0.3 is 0 Å². The van der Waals surface area contributed by atoms with Crippen molar-refractivity contribution >= 4 is 5.78 Å². The summed E-state index contributed by atoms with van der Waals surface area (Å²) in [4.78, 5) is 24.9. The summed E-state index contributed by atoms with van der Waals surface area (Å²) in [6.07, 6.45) is 7.99. The van der Waals surface area contributed by atoms with E-state index in [0.717, 1.165) is 19.3 Å². The maximum absolute atomic E-state index is 13.1. The summed E-state index contributed by atoms with van der Waals surface area (Å²) in [6.45, 7) is 11.0. The average molecular weight is 474 g/mol. The highest BCUT2D eigenvalue weighted by atomic mass is 16.5. The molecule has 6 heteroatoms. The minimum Gasteiger partial charge on any atom is -0.507 e. The van der Waals surface area contributed by atoms with Crippen molar-refractivity contribution in [3.8, 4) is 5.75 Å². The average Bonchev–Trinajstić information content (AvgIpc) is 2.79. The lowest BCUT2D eigenvalue weighted by Crippen LogP contribution is -2.37. The second-order valence-corrected chi connectivity index (χ2v) is 11.0. The van der Waals surface area contributed by atoms with Gasteiger partial charge in [0.1, 0.15) is 11.5 Å². The van der Waals surface area contributed by atoms with Crippen molar-refractivity contribution in [2.24, 2.45) is 24.8 Å². The van der Waals surface area contributed by atoms with Crippen LogP contribution in [0.3, 0.4) is 0 Å². The topological polar surface area (TPSA) is 88.8 Å². The number of nitrogens with zero attached hydrogens (tertiary/aromatic N) is 1. The van der Waals surface area contributed by atoms with Crippen LogP contribution in [0.25, 0.3) is 0 Å². The van der Waals surface area contributed by atoms with Gasteiger partial charge in [0.15, 0.2) is 0 Å². The van der Waals surface area contributed by atoms with Crippen LogP contribution in [0.2, 0.25) is 0 Å². The van der Waals surface area contributed by atoms with Crippen LogP contribution in [-0.4, -0.2) is 26.7 Å². The number of rotatable bonds is 7. The number of allylic oxidation sites excluding steroid dienone is 1. The van der Waals surface area contributed by atoms with E-state index in [1.807, 2.05) is 0 Å².